The average Bonchev–Trinajstić information content (AvgIpc) is 2.92. The number of piperazine rings is 1. The smallest absolute Gasteiger partial charge is 0.224 e. The molecule has 2 aromatic rings. The third-order valence-corrected chi connectivity index (χ3v) is 9.33. The van der Waals surface area contributed by atoms with Gasteiger partial charge >= 0.3 is 0 Å². The van der Waals surface area contributed by atoms with Crippen molar-refractivity contribution in [2.24, 2.45) is 0 Å². The van der Waals surface area contributed by atoms with Crippen molar-refractivity contribution in [3.63, 3.8) is 0 Å². The Morgan fingerprint density at radius 2 is 1.85 bits per heavy atom. The summed E-state index contributed by atoms with van der Waals surface area (Å²) in [4.78, 5) is 26.1. The molecule has 0 atom stereocenters. The summed E-state index contributed by atoms with van der Waals surface area (Å²) in [5.74, 6) is -0.515. The number of benzene rings is 1. The van der Waals surface area contributed by atoms with Crippen LogP contribution in [0.1, 0.15) is 41.6 Å². The molecule has 2 aliphatic rings. The van der Waals surface area contributed by atoms with Gasteiger partial charge in [-0.3, -0.25) is 4.79 Å². The summed E-state index contributed by atoms with van der Waals surface area (Å²) < 4.78 is 46.2. The zero-order chi connectivity index (χ0) is 28.0. The molecule has 0 saturated carbocycles. The van der Waals surface area contributed by atoms with Crippen molar-refractivity contribution in [1.82, 2.24) is 24.1 Å². The molecule has 2 fully saturated rings. The Bertz CT molecular complexity index is 1250. The van der Waals surface area contributed by atoms with Gasteiger partial charge in [0.15, 0.2) is 0 Å². The lowest BCUT2D eigenvalue weighted by atomic mass is 10.0. The zero-order valence-electron chi connectivity index (χ0n) is 22.6. The van der Waals surface area contributed by atoms with E-state index in [0.717, 1.165) is 45.2 Å². The predicted molar refractivity (Wildman–Crippen MR) is 148 cm³/mol. The number of halogens is 1. The first-order chi connectivity index (χ1) is 18.7. The molecular weight excluding hydrogens is 525 g/mol. The maximum absolute atomic E-state index is 13.7. The van der Waals surface area contributed by atoms with Gasteiger partial charge in [0.1, 0.15) is 17.4 Å². The van der Waals surface area contributed by atoms with Crippen LogP contribution < -0.4 is 15.8 Å². The highest BCUT2D eigenvalue weighted by Crippen LogP contribution is 2.25. The molecule has 0 unspecified atom stereocenters. The Kier molecular flexibility index (Phi) is 9.70. The first kappa shape index (κ1) is 29.1. The number of nitrogens with two attached hydrogens (primary N) is 1. The van der Waals surface area contributed by atoms with Crippen LogP contribution in [0.15, 0.2) is 24.4 Å². The number of hydrogen-bond donors (Lipinski definition) is 2. The molecule has 1 aromatic carbocycles. The quantitative estimate of drug-likeness (QED) is 0.307. The van der Waals surface area contributed by atoms with Crippen LogP contribution in [0.3, 0.4) is 0 Å². The second-order valence-corrected chi connectivity index (χ2v) is 12.2. The number of nitrogens with one attached hydrogen (secondary N) is 1. The molecule has 39 heavy (non-hydrogen) atoms. The van der Waals surface area contributed by atoms with E-state index in [1.165, 1.54) is 25.4 Å². The molecule has 1 aromatic heterocycles. The second kappa shape index (κ2) is 13.0. The predicted octanol–water partition coefficient (Wildman–Crippen LogP) is 1.67. The highest BCUT2D eigenvalue weighted by atomic mass is 32.2. The Morgan fingerprint density at radius 1 is 1.13 bits per heavy atom. The standard InChI is InChI=1S/C26H38FN7O4S/c1-32-12-14-33(15-13-32)9-3-4-16-39(36,37)34-10-7-20(8-11-34)30-26-29-18-22(25(28)31-26)24(35)21-17-19(27)5-6-23(21)38-2/h5-6,17-18,20H,3-4,7-16H2,1-2H3,(H3,28,29,30,31). The maximum Gasteiger partial charge on any atom is 0.224 e. The summed E-state index contributed by atoms with van der Waals surface area (Å²) >= 11 is 0. The van der Waals surface area contributed by atoms with E-state index in [1.807, 2.05) is 0 Å². The number of unbranched alkanes of at least 4 members (excludes halogenated alkanes) is 1. The molecular formula is C26H38FN7O4S. The lowest BCUT2D eigenvalue weighted by Crippen LogP contribution is -2.45. The molecule has 13 heteroatoms. The Labute approximate surface area is 229 Å². The average molecular weight is 564 g/mol. The van der Waals surface area contributed by atoms with Gasteiger partial charge in [0.05, 0.1) is 24.0 Å². The lowest BCUT2D eigenvalue weighted by Gasteiger charge is -2.33. The summed E-state index contributed by atoms with van der Waals surface area (Å²) in [7, 11) is 0.220. The number of nitrogens with zero attached hydrogens (tertiary/aromatic N) is 5. The number of piperidine rings is 1. The van der Waals surface area contributed by atoms with Gasteiger partial charge in [-0.05, 0) is 57.5 Å². The van der Waals surface area contributed by atoms with Crippen molar-refractivity contribution in [3.05, 3.63) is 41.3 Å². The summed E-state index contributed by atoms with van der Waals surface area (Å²) in [5.41, 5.74) is 6.11. The third kappa shape index (κ3) is 7.62. The number of rotatable bonds is 11. The molecule has 0 spiro atoms. The van der Waals surface area contributed by atoms with Gasteiger partial charge in [0.25, 0.3) is 0 Å². The van der Waals surface area contributed by atoms with Crippen molar-refractivity contribution in [2.45, 2.75) is 31.7 Å². The van der Waals surface area contributed by atoms with Gasteiger partial charge < -0.3 is 25.6 Å². The highest BCUT2D eigenvalue weighted by molar-refractivity contribution is 7.89. The summed E-state index contributed by atoms with van der Waals surface area (Å²) in [6.07, 6.45) is 4.05. The number of nitrogen functional groups attached to an aromatic ring is 1. The van der Waals surface area contributed by atoms with Crippen molar-refractivity contribution >= 4 is 27.6 Å². The van der Waals surface area contributed by atoms with Crippen LogP contribution in [0, 0.1) is 5.82 Å². The molecule has 0 bridgehead atoms. The first-order valence-electron chi connectivity index (χ1n) is 13.3. The van der Waals surface area contributed by atoms with E-state index >= 15 is 0 Å². The molecule has 2 saturated heterocycles. The highest BCUT2D eigenvalue weighted by Gasteiger charge is 2.28. The fourth-order valence-electron chi connectivity index (χ4n) is 4.92. The van der Waals surface area contributed by atoms with Gasteiger partial charge in [-0.2, -0.15) is 4.98 Å². The first-order valence-corrected chi connectivity index (χ1v) is 14.9. The minimum atomic E-state index is -3.30. The van der Waals surface area contributed by atoms with Gasteiger partial charge in [0, 0.05) is 51.5 Å². The molecule has 4 rings (SSSR count). The van der Waals surface area contributed by atoms with E-state index < -0.39 is 21.6 Å². The topological polar surface area (TPSA) is 134 Å². The van der Waals surface area contributed by atoms with Crippen molar-refractivity contribution in [3.8, 4) is 5.75 Å². The van der Waals surface area contributed by atoms with Crippen LogP contribution in [0.25, 0.3) is 0 Å². The van der Waals surface area contributed by atoms with E-state index in [-0.39, 0.29) is 40.4 Å². The molecule has 0 amide bonds. The number of methoxy groups -OCH3 is 1. The van der Waals surface area contributed by atoms with Crippen molar-refractivity contribution in [1.29, 1.82) is 0 Å². The lowest BCUT2D eigenvalue weighted by molar-refractivity contribution is 0.103. The third-order valence-electron chi connectivity index (χ3n) is 7.37. The summed E-state index contributed by atoms with van der Waals surface area (Å²) in [6, 6.07) is 3.63. The molecule has 3 N–H and O–H groups in total. The zero-order valence-corrected chi connectivity index (χ0v) is 23.4. The van der Waals surface area contributed by atoms with E-state index in [9.17, 15) is 17.6 Å². The van der Waals surface area contributed by atoms with Crippen LogP contribution in [0.5, 0.6) is 5.75 Å². The van der Waals surface area contributed by atoms with Crippen molar-refractivity contribution in [2.75, 3.05) is 76.8 Å². The minimum absolute atomic E-state index is 0.0291. The molecule has 2 aliphatic heterocycles. The van der Waals surface area contributed by atoms with E-state index in [0.29, 0.717) is 32.4 Å². The van der Waals surface area contributed by atoms with Crippen LogP contribution >= 0.6 is 0 Å². The normalized spacial score (nSPS) is 18.2. The molecule has 214 valence electrons. The number of carbonyl (C=O) groups is 1. The number of ether oxygens (including phenoxy) is 1. The number of ketones is 1. The number of anilines is 2. The van der Waals surface area contributed by atoms with Crippen LogP contribution in [0.2, 0.25) is 0 Å². The van der Waals surface area contributed by atoms with Crippen molar-refractivity contribution < 1.29 is 22.3 Å². The number of carbonyl (C=O) groups excluding carboxylic acids is 1. The number of aromatic nitrogens is 2. The Hall–Kier alpha value is -2.87. The van der Waals surface area contributed by atoms with Gasteiger partial charge in [-0.15, -0.1) is 0 Å². The summed E-state index contributed by atoms with van der Waals surface area (Å²) in [6.45, 7) is 5.99. The molecule has 3 heterocycles. The van der Waals surface area contributed by atoms with Gasteiger partial charge in [-0.25, -0.2) is 22.1 Å². The number of likely N-dealkylation sites (N-methyl/N-ethyl adjacent to an activating group) is 1. The SMILES string of the molecule is COc1ccc(F)cc1C(=O)c1cnc(NC2CCN(S(=O)(=O)CCCCN3CCN(C)CC3)CC2)nc1N. The van der Waals surface area contributed by atoms with Crippen LogP contribution in [-0.2, 0) is 10.0 Å². The monoisotopic (exact) mass is 563 g/mol. The van der Waals surface area contributed by atoms with E-state index in [1.54, 1.807) is 4.31 Å². The number of sulfonamides is 1. The van der Waals surface area contributed by atoms with Crippen LogP contribution in [-0.4, -0.2) is 110 Å². The molecule has 0 aliphatic carbocycles. The fraction of sp³-hybridized carbons (Fsp3) is 0.577. The van der Waals surface area contributed by atoms with E-state index in [4.69, 9.17) is 10.5 Å². The maximum atomic E-state index is 13.7. The Balaban J connectivity index is 1.25. The Morgan fingerprint density at radius 3 is 2.51 bits per heavy atom. The fourth-order valence-corrected chi connectivity index (χ4v) is 6.52. The van der Waals surface area contributed by atoms with Crippen LogP contribution in [0.4, 0.5) is 16.2 Å². The van der Waals surface area contributed by atoms with Gasteiger partial charge in [0.2, 0.25) is 21.8 Å². The van der Waals surface area contributed by atoms with E-state index in [2.05, 4.69) is 32.1 Å². The molecule has 0 radical (unpaired) electrons. The molecule has 11 nitrogen and oxygen atoms in total. The van der Waals surface area contributed by atoms with Gasteiger partial charge in [-0.1, -0.05) is 0 Å². The second-order valence-electron chi connectivity index (χ2n) is 10.2. The number of hydrogen-bond acceptors (Lipinski definition) is 10. The largest absolute Gasteiger partial charge is 0.496 e. The minimum Gasteiger partial charge on any atom is -0.496 e. The summed E-state index contributed by atoms with van der Waals surface area (Å²) in [5, 5.41) is 3.19.